The van der Waals surface area contributed by atoms with Gasteiger partial charge in [-0.05, 0) is 25.0 Å². The SMILES string of the molecule is Cc1n[nH]c(C)c1S(=O)(=O)N1Cc2ccccc2C1. The molecular weight excluding hydrogens is 262 g/mol. The Kier molecular flexibility index (Phi) is 2.72. The molecule has 1 aromatic carbocycles. The van der Waals surface area contributed by atoms with E-state index >= 15 is 0 Å². The van der Waals surface area contributed by atoms with Gasteiger partial charge in [0.15, 0.2) is 0 Å². The first-order valence-electron chi connectivity index (χ1n) is 6.08. The van der Waals surface area contributed by atoms with Crippen LogP contribution in [0, 0.1) is 13.8 Å². The number of nitrogens with one attached hydrogen (secondary N) is 1. The molecule has 3 rings (SSSR count). The fourth-order valence-electron chi connectivity index (χ4n) is 2.52. The van der Waals surface area contributed by atoms with E-state index in [4.69, 9.17) is 0 Å². The molecule has 1 N–H and O–H groups in total. The molecule has 0 bridgehead atoms. The van der Waals surface area contributed by atoms with Gasteiger partial charge in [0.05, 0.1) is 11.4 Å². The largest absolute Gasteiger partial charge is 0.281 e. The lowest BCUT2D eigenvalue weighted by molar-refractivity contribution is 0.431. The van der Waals surface area contributed by atoms with Gasteiger partial charge >= 0.3 is 0 Å². The molecule has 0 atom stereocenters. The molecule has 1 aromatic heterocycles. The van der Waals surface area contributed by atoms with Crippen molar-refractivity contribution in [3.8, 4) is 0 Å². The van der Waals surface area contributed by atoms with E-state index in [0.717, 1.165) is 11.1 Å². The smallest absolute Gasteiger partial charge is 0.247 e. The lowest BCUT2D eigenvalue weighted by Gasteiger charge is -2.15. The van der Waals surface area contributed by atoms with Crippen LogP contribution < -0.4 is 0 Å². The van der Waals surface area contributed by atoms with E-state index in [0.29, 0.717) is 29.4 Å². The minimum atomic E-state index is -3.48. The zero-order valence-electron chi connectivity index (χ0n) is 10.8. The second-order valence-corrected chi connectivity index (χ2v) is 6.68. The Labute approximate surface area is 112 Å². The number of aryl methyl sites for hydroxylation is 2. The summed E-state index contributed by atoms with van der Waals surface area (Å²) >= 11 is 0. The topological polar surface area (TPSA) is 66.1 Å². The molecule has 1 aliphatic rings. The predicted molar refractivity (Wildman–Crippen MR) is 70.9 cm³/mol. The first-order valence-corrected chi connectivity index (χ1v) is 7.52. The van der Waals surface area contributed by atoms with Crippen molar-refractivity contribution in [2.75, 3.05) is 0 Å². The summed E-state index contributed by atoms with van der Waals surface area (Å²) in [6.45, 7) is 4.31. The Bertz CT molecular complexity index is 690. The molecule has 0 saturated carbocycles. The highest BCUT2D eigenvalue weighted by Crippen LogP contribution is 2.30. The van der Waals surface area contributed by atoms with Crippen molar-refractivity contribution in [2.24, 2.45) is 0 Å². The fraction of sp³-hybridized carbons (Fsp3) is 0.308. The Morgan fingerprint density at radius 2 is 1.74 bits per heavy atom. The highest BCUT2D eigenvalue weighted by molar-refractivity contribution is 7.89. The fourth-order valence-corrected chi connectivity index (χ4v) is 4.25. The van der Waals surface area contributed by atoms with Crippen LogP contribution in [0.2, 0.25) is 0 Å². The lowest BCUT2D eigenvalue weighted by atomic mass is 10.1. The Balaban J connectivity index is 2.01. The number of rotatable bonds is 2. The van der Waals surface area contributed by atoms with E-state index in [2.05, 4.69) is 10.2 Å². The summed E-state index contributed by atoms with van der Waals surface area (Å²) in [4.78, 5) is 0.306. The molecule has 0 unspecified atom stereocenters. The van der Waals surface area contributed by atoms with E-state index in [1.807, 2.05) is 24.3 Å². The Morgan fingerprint density at radius 1 is 1.16 bits per heavy atom. The highest BCUT2D eigenvalue weighted by Gasteiger charge is 2.33. The second kappa shape index (κ2) is 4.18. The van der Waals surface area contributed by atoms with Crippen molar-refractivity contribution >= 4 is 10.0 Å². The summed E-state index contributed by atoms with van der Waals surface area (Å²) < 4.78 is 26.8. The number of aromatic amines is 1. The van der Waals surface area contributed by atoms with Gasteiger partial charge in [-0.15, -0.1) is 0 Å². The third-order valence-corrected chi connectivity index (χ3v) is 5.53. The maximum atomic E-state index is 12.7. The predicted octanol–water partition coefficient (Wildman–Crippen LogP) is 1.73. The molecule has 100 valence electrons. The number of aromatic nitrogens is 2. The minimum absolute atomic E-state index is 0.306. The average Bonchev–Trinajstić information content (AvgIpc) is 2.93. The Hall–Kier alpha value is -1.66. The summed E-state index contributed by atoms with van der Waals surface area (Å²) in [5.74, 6) is 0. The summed E-state index contributed by atoms with van der Waals surface area (Å²) in [6, 6.07) is 7.81. The van der Waals surface area contributed by atoms with Gasteiger partial charge in [0.25, 0.3) is 0 Å². The second-order valence-electron chi connectivity index (χ2n) is 4.80. The van der Waals surface area contributed by atoms with Gasteiger partial charge in [0, 0.05) is 13.1 Å². The summed E-state index contributed by atoms with van der Waals surface area (Å²) in [5.41, 5.74) is 3.26. The molecule has 19 heavy (non-hydrogen) atoms. The Morgan fingerprint density at radius 3 is 2.21 bits per heavy atom. The number of benzene rings is 1. The molecule has 0 saturated heterocycles. The van der Waals surface area contributed by atoms with Crippen molar-refractivity contribution < 1.29 is 8.42 Å². The van der Waals surface area contributed by atoms with Crippen molar-refractivity contribution in [1.29, 1.82) is 0 Å². The number of hydrogen-bond donors (Lipinski definition) is 1. The average molecular weight is 277 g/mol. The first kappa shape index (κ1) is 12.4. The van der Waals surface area contributed by atoms with Crippen LogP contribution in [0.4, 0.5) is 0 Å². The molecule has 0 amide bonds. The summed E-state index contributed by atoms with van der Waals surface area (Å²) in [5, 5.41) is 6.70. The molecule has 0 aliphatic carbocycles. The van der Waals surface area contributed by atoms with Crippen LogP contribution in [-0.4, -0.2) is 22.9 Å². The highest BCUT2D eigenvalue weighted by atomic mass is 32.2. The van der Waals surface area contributed by atoms with Gasteiger partial charge in [-0.25, -0.2) is 8.42 Å². The van der Waals surface area contributed by atoms with Crippen LogP contribution in [0.3, 0.4) is 0 Å². The third-order valence-electron chi connectivity index (χ3n) is 3.47. The van der Waals surface area contributed by atoms with Crippen molar-refractivity contribution in [1.82, 2.24) is 14.5 Å². The van der Waals surface area contributed by atoms with Gasteiger partial charge in [-0.2, -0.15) is 9.40 Å². The van der Waals surface area contributed by atoms with Gasteiger partial charge in [-0.1, -0.05) is 24.3 Å². The number of nitrogens with zero attached hydrogens (tertiary/aromatic N) is 2. The van der Waals surface area contributed by atoms with Gasteiger partial charge < -0.3 is 0 Å². The third kappa shape index (κ3) is 1.87. The van der Waals surface area contributed by atoms with E-state index in [9.17, 15) is 8.42 Å². The zero-order chi connectivity index (χ0) is 13.6. The summed E-state index contributed by atoms with van der Waals surface area (Å²) in [7, 11) is -3.48. The number of sulfonamides is 1. The normalized spacial score (nSPS) is 15.7. The zero-order valence-corrected chi connectivity index (χ0v) is 11.7. The summed E-state index contributed by atoms with van der Waals surface area (Å²) in [6.07, 6.45) is 0. The molecule has 0 fully saturated rings. The number of fused-ring (bicyclic) bond motifs is 1. The van der Waals surface area contributed by atoms with Crippen LogP contribution in [-0.2, 0) is 23.1 Å². The van der Waals surface area contributed by atoms with Crippen molar-refractivity contribution in [3.05, 3.63) is 46.8 Å². The maximum absolute atomic E-state index is 12.7. The van der Waals surface area contributed by atoms with Gasteiger partial charge in [0.1, 0.15) is 4.90 Å². The van der Waals surface area contributed by atoms with E-state index < -0.39 is 10.0 Å². The minimum Gasteiger partial charge on any atom is -0.281 e. The first-order chi connectivity index (χ1) is 9.00. The molecule has 5 nitrogen and oxygen atoms in total. The van der Waals surface area contributed by atoms with Crippen LogP contribution in [0.5, 0.6) is 0 Å². The monoisotopic (exact) mass is 277 g/mol. The van der Waals surface area contributed by atoms with Crippen LogP contribution in [0.1, 0.15) is 22.5 Å². The van der Waals surface area contributed by atoms with Crippen LogP contribution >= 0.6 is 0 Å². The standard InChI is InChI=1S/C13H15N3O2S/c1-9-13(10(2)15-14-9)19(17,18)16-7-11-5-3-4-6-12(11)8-16/h3-6H,7-8H2,1-2H3,(H,14,15). The van der Waals surface area contributed by atoms with E-state index in [1.54, 1.807) is 13.8 Å². The molecule has 0 spiro atoms. The quantitative estimate of drug-likeness (QED) is 0.909. The number of hydrogen-bond acceptors (Lipinski definition) is 3. The van der Waals surface area contributed by atoms with E-state index in [1.165, 1.54) is 4.31 Å². The number of H-pyrrole nitrogens is 1. The molecule has 0 radical (unpaired) electrons. The molecule has 2 aromatic rings. The maximum Gasteiger partial charge on any atom is 0.247 e. The van der Waals surface area contributed by atoms with Crippen LogP contribution in [0.15, 0.2) is 29.2 Å². The van der Waals surface area contributed by atoms with Crippen molar-refractivity contribution in [2.45, 2.75) is 31.8 Å². The molecule has 1 aliphatic heterocycles. The lowest BCUT2D eigenvalue weighted by Crippen LogP contribution is -2.26. The molecule has 6 heteroatoms. The van der Waals surface area contributed by atoms with Gasteiger partial charge in [-0.3, -0.25) is 5.10 Å². The molecular formula is C13H15N3O2S. The van der Waals surface area contributed by atoms with Gasteiger partial charge in [0.2, 0.25) is 10.0 Å². The van der Waals surface area contributed by atoms with Crippen molar-refractivity contribution in [3.63, 3.8) is 0 Å². The van der Waals surface area contributed by atoms with E-state index in [-0.39, 0.29) is 0 Å². The molecule has 2 heterocycles. The van der Waals surface area contributed by atoms with Crippen LogP contribution in [0.25, 0.3) is 0 Å².